The van der Waals surface area contributed by atoms with Gasteiger partial charge in [-0.15, -0.1) is 0 Å². The molecule has 5 heteroatoms. The van der Waals surface area contributed by atoms with Crippen LogP contribution in [-0.4, -0.2) is 39.7 Å². The molecule has 0 aliphatic carbocycles. The minimum absolute atomic E-state index is 0.0719. The quantitative estimate of drug-likeness (QED) is 0.849. The van der Waals surface area contributed by atoms with Gasteiger partial charge < -0.3 is 10.6 Å². The summed E-state index contributed by atoms with van der Waals surface area (Å²) in [5.74, 6) is 0.548. The lowest BCUT2D eigenvalue weighted by molar-refractivity contribution is 0.0531. The predicted molar refractivity (Wildman–Crippen MR) is 70.2 cm³/mol. The van der Waals surface area contributed by atoms with Crippen molar-refractivity contribution in [1.82, 2.24) is 14.7 Å². The average molecular weight is 250 g/mol. The molecule has 1 aromatic rings. The van der Waals surface area contributed by atoms with E-state index in [1.807, 2.05) is 18.9 Å². The second-order valence-corrected chi connectivity index (χ2v) is 5.19. The summed E-state index contributed by atoms with van der Waals surface area (Å²) in [4.78, 5) is 14.5. The SMILES string of the molecule is Cc1c(C(=O)N2CCC[C@H](C)[C@@H]2CN)cnn1C. The Morgan fingerprint density at radius 1 is 1.61 bits per heavy atom. The fourth-order valence-corrected chi connectivity index (χ4v) is 2.72. The topological polar surface area (TPSA) is 64.2 Å². The summed E-state index contributed by atoms with van der Waals surface area (Å²) in [5, 5.41) is 4.14. The highest BCUT2D eigenvalue weighted by molar-refractivity contribution is 5.95. The van der Waals surface area contributed by atoms with Crippen LogP contribution >= 0.6 is 0 Å². The van der Waals surface area contributed by atoms with Crippen LogP contribution in [0.1, 0.15) is 35.8 Å². The summed E-state index contributed by atoms with van der Waals surface area (Å²) in [7, 11) is 1.85. The summed E-state index contributed by atoms with van der Waals surface area (Å²) in [5.41, 5.74) is 7.44. The van der Waals surface area contributed by atoms with Crippen LogP contribution in [0.25, 0.3) is 0 Å². The first-order chi connectivity index (χ1) is 8.56. The number of aromatic nitrogens is 2. The van der Waals surface area contributed by atoms with Crippen LogP contribution in [0.5, 0.6) is 0 Å². The smallest absolute Gasteiger partial charge is 0.257 e. The maximum atomic E-state index is 12.6. The van der Waals surface area contributed by atoms with Crippen molar-refractivity contribution in [1.29, 1.82) is 0 Å². The number of carbonyl (C=O) groups is 1. The number of piperidine rings is 1. The highest BCUT2D eigenvalue weighted by Gasteiger charge is 2.32. The van der Waals surface area contributed by atoms with Crippen molar-refractivity contribution in [2.24, 2.45) is 18.7 Å². The number of amides is 1. The highest BCUT2D eigenvalue weighted by Crippen LogP contribution is 2.24. The van der Waals surface area contributed by atoms with Crippen LogP contribution in [-0.2, 0) is 7.05 Å². The molecule has 2 rings (SSSR count). The van der Waals surface area contributed by atoms with Crippen LogP contribution in [0.4, 0.5) is 0 Å². The molecule has 1 amide bonds. The van der Waals surface area contributed by atoms with E-state index in [0.29, 0.717) is 18.0 Å². The molecular formula is C13H22N4O. The van der Waals surface area contributed by atoms with Gasteiger partial charge >= 0.3 is 0 Å². The number of carbonyl (C=O) groups excluding carboxylic acids is 1. The van der Waals surface area contributed by atoms with E-state index < -0.39 is 0 Å². The zero-order chi connectivity index (χ0) is 13.3. The van der Waals surface area contributed by atoms with Crippen molar-refractivity contribution in [3.63, 3.8) is 0 Å². The van der Waals surface area contributed by atoms with Crippen LogP contribution in [0.3, 0.4) is 0 Å². The maximum absolute atomic E-state index is 12.6. The molecule has 0 radical (unpaired) electrons. The van der Waals surface area contributed by atoms with Crippen molar-refractivity contribution in [3.05, 3.63) is 17.5 Å². The predicted octanol–water partition coefficient (Wildman–Crippen LogP) is 0.928. The molecule has 5 nitrogen and oxygen atoms in total. The monoisotopic (exact) mass is 250 g/mol. The lowest BCUT2D eigenvalue weighted by Crippen LogP contribution is -2.51. The Balaban J connectivity index is 2.24. The molecule has 0 aromatic carbocycles. The van der Waals surface area contributed by atoms with Gasteiger partial charge in [-0.2, -0.15) is 5.10 Å². The van der Waals surface area contributed by atoms with Crippen LogP contribution < -0.4 is 5.73 Å². The lowest BCUT2D eigenvalue weighted by atomic mass is 9.90. The molecule has 1 aromatic heterocycles. The first kappa shape index (κ1) is 13.1. The van der Waals surface area contributed by atoms with Gasteiger partial charge in [-0.1, -0.05) is 6.92 Å². The van der Waals surface area contributed by atoms with Crippen LogP contribution in [0.2, 0.25) is 0 Å². The van der Waals surface area contributed by atoms with Gasteiger partial charge in [0.15, 0.2) is 0 Å². The molecule has 100 valence electrons. The number of rotatable bonds is 2. The zero-order valence-corrected chi connectivity index (χ0v) is 11.4. The lowest BCUT2D eigenvalue weighted by Gasteiger charge is -2.39. The number of likely N-dealkylation sites (tertiary alicyclic amines) is 1. The van der Waals surface area contributed by atoms with Gasteiger partial charge in [0, 0.05) is 31.9 Å². The van der Waals surface area contributed by atoms with E-state index in [4.69, 9.17) is 5.73 Å². The van der Waals surface area contributed by atoms with E-state index in [1.54, 1.807) is 10.9 Å². The van der Waals surface area contributed by atoms with E-state index >= 15 is 0 Å². The molecule has 1 aliphatic heterocycles. The van der Waals surface area contributed by atoms with Gasteiger partial charge in [0.2, 0.25) is 0 Å². The third-order valence-electron chi connectivity index (χ3n) is 4.08. The van der Waals surface area contributed by atoms with Gasteiger partial charge in [0.1, 0.15) is 0 Å². The standard InChI is InChI=1S/C13H22N4O/c1-9-5-4-6-17(12(9)7-14)13(18)11-8-15-16(3)10(11)2/h8-9,12H,4-7,14H2,1-3H3/t9-,12-/m0/s1. The molecule has 2 N–H and O–H groups in total. The van der Waals surface area contributed by atoms with Gasteiger partial charge in [-0.05, 0) is 25.7 Å². The Bertz CT molecular complexity index is 440. The first-order valence-electron chi connectivity index (χ1n) is 6.56. The Morgan fingerprint density at radius 2 is 2.33 bits per heavy atom. The van der Waals surface area contributed by atoms with E-state index in [-0.39, 0.29) is 11.9 Å². The second kappa shape index (κ2) is 5.10. The minimum Gasteiger partial charge on any atom is -0.334 e. The largest absolute Gasteiger partial charge is 0.334 e. The molecule has 0 bridgehead atoms. The molecule has 1 saturated heterocycles. The van der Waals surface area contributed by atoms with Gasteiger partial charge in [0.05, 0.1) is 11.8 Å². The molecule has 0 spiro atoms. The van der Waals surface area contributed by atoms with Crippen molar-refractivity contribution in [3.8, 4) is 0 Å². The summed E-state index contributed by atoms with van der Waals surface area (Å²) >= 11 is 0. The van der Waals surface area contributed by atoms with Crippen molar-refractivity contribution >= 4 is 5.91 Å². The molecule has 18 heavy (non-hydrogen) atoms. The minimum atomic E-state index is 0.0719. The van der Waals surface area contributed by atoms with E-state index in [9.17, 15) is 4.79 Å². The molecule has 0 saturated carbocycles. The molecule has 0 unspecified atom stereocenters. The van der Waals surface area contributed by atoms with Crippen LogP contribution in [0.15, 0.2) is 6.20 Å². The van der Waals surface area contributed by atoms with Crippen LogP contribution in [0, 0.1) is 12.8 Å². The number of nitrogens with zero attached hydrogens (tertiary/aromatic N) is 3. The zero-order valence-electron chi connectivity index (χ0n) is 11.4. The van der Waals surface area contributed by atoms with Gasteiger partial charge in [-0.3, -0.25) is 9.48 Å². The maximum Gasteiger partial charge on any atom is 0.257 e. The van der Waals surface area contributed by atoms with Crippen molar-refractivity contribution in [2.75, 3.05) is 13.1 Å². The Hall–Kier alpha value is -1.36. The summed E-state index contributed by atoms with van der Waals surface area (Å²) in [6, 6.07) is 0.158. The molecule has 1 aliphatic rings. The highest BCUT2D eigenvalue weighted by atomic mass is 16.2. The average Bonchev–Trinajstić information content (AvgIpc) is 2.69. The van der Waals surface area contributed by atoms with Crippen molar-refractivity contribution in [2.45, 2.75) is 32.7 Å². The van der Waals surface area contributed by atoms with Gasteiger partial charge in [-0.25, -0.2) is 0 Å². The fraction of sp³-hybridized carbons (Fsp3) is 0.692. The summed E-state index contributed by atoms with van der Waals surface area (Å²) in [6.07, 6.45) is 3.87. The Kier molecular flexibility index (Phi) is 3.71. The van der Waals surface area contributed by atoms with E-state index in [0.717, 1.165) is 25.1 Å². The van der Waals surface area contributed by atoms with Crippen molar-refractivity contribution < 1.29 is 4.79 Å². The Labute approximate surface area is 108 Å². The number of nitrogens with two attached hydrogens (primary N) is 1. The fourth-order valence-electron chi connectivity index (χ4n) is 2.72. The number of aryl methyl sites for hydroxylation is 1. The Morgan fingerprint density at radius 3 is 2.89 bits per heavy atom. The number of hydrogen-bond acceptors (Lipinski definition) is 3. The third-order valence-corrected chi connectivity index (χ3v) is 4.08. The molecular weight excluding hydrogens is 228 g/mol. The van der Waals surface area contributed by atoms with E-state index in [1.165, 1.54) is 0 Å². The summed E-state index contributed by atoms with van der Waals surface area (Å²) in [6.45, 7) is 5.43. The summed E-state index contributed by atoms with van der Waals surface area (Å²) < 4.78 is 1.73. The third kappa shape index (κ3) is 2.14. The van der Waals surface area contributed by atoms with Gasteiger partial charge in [0.25, 0.3) is 5.91 Å². The normalized spacial score (nSPS) is 24.3. The van der Waals surface area contributed by atoms with E-state index in [2.05, 4.69) is 12.0 Å². The second-order valence-electron chi connectivity index (χ2n) is 5.19. The molecule has 1 fully saturated rings. The molecule has 2 atom stereocenters. The first-order valence-corrected chi connectivity index (χ1v) is 6.56. The molecule has 2 heterocycles. The number of hydrogen-bond donors (Lipinski definition) is 1.